The van der Waals surface area contributed by atoms with E-state index in [1.54, 1.807) is 60.7 Å². The van der Waals surface area contributed by atoms with E-state index in [0.717, 1.165) is 0 Å². The molecule has 146 valence electrons. The van der Waals surface area contributed by atoms with Gasteiger partial charge in [-0.3, -0.25) is 4.79 Å². The van der Waals surface area contributed by atoms with Crippen LogP contribution in [0.5, 0.6) is 0 Å². The van der Waals surface area contributed by atoms with Crippen LogP contribution in [0.15, 0.2) is 90.0 Å². The number of nitrogens with zero attached hydrogens (tertiary/aromatic N) is 1. The van der Waals surface area contributed by atoms with E-state index < -0.39 is 19.0 Å². The van der Waals surface area contributed by atoms with Crippen LogP contribution in [-0.2, 0) is 9.36 Å². The zero-order valence-corrected chi connectivity index (χ0v) is 16.3. The van der Waals surface area contributed by atoms with Crippen molar-refractivity contribution in [1.29, 1.82) is 0 Å². The number of amides is 1. The molecule has 0 saturated carbocycles. The molecule has 0 aliphatic heterocycles. The standard InChI is InChI=1S/C22H19N2O4P/c25-21(24-23-15-17-11-13-18(14-12-17)22(26)27)16-29(28,19-7-3-1-4-8-19)20-9-5-2-6-10-20/h1-15H,16H2,(H,24,25)(H,26,27)/b23-15-. The highest BCUT2D eigenvalue weighted by Crippen LogP contribution is 2.42. The molecular formula is C22H19N2O4P. The number of carbonyl (C=O) groups is 2. The number of rotatable bonds is 7. The molecule has 7 heteroatoms. The summed E-state index contributed by atoms with van der Waals surface area (Å²) in [5.41, 5.74) is 3.20. The van der Waals surface area contributed by atoms with Crippen molar-refractivity contribution in [1.82, 2.24) is 5.43 Å². The van der Waals surface area contributed by atoms with Gasteiger partial charge < -0.3 is 9.67 Å². The summed E-state index contributed by atoms with van der Waals surface area (Å²) >= 11 is 0. The molecule has 1 amide bonds. The molecule has 0 heterocycles. The first-order chi connectivity index (χ1) is 14.0. The highest BCUT2D eigenvalue weighted by molar-refractivity contribution is 7.79. The second-order valence-electron chi connectivity index (χ2n) is 6.29. The van der Waals surface area contributed by atoms with E-state index in [0.29, 0.717) is 16.2 Å². The Morgan fingerprint density at radius 3 is 1.86 bits per heavy atom. The highest BCUT2D eigenvalue weighted by Gasteiger charge is 2.30. The van der Waals surface area contributed by atoms with E-state index in [1.807, 2.05) is 12.1 Å². The summed E-state index contributed by atoms with van der Waals surface area (Å²) in [7, 11) is -3.16. The van der Waals surface area contributed by atoms with Crippen LogP contribution >= 0.6 is 7.14 Å². The molecule has 0 aliphatic carbocycles. The fraction of sp³-hybridized carbons (Fsp3) is 0.0455. The van der Waals surface area contributed by atoms with Crippen molar-refractivity contribution >= 4 is 35.8 Å². The maximum atomic E-state index is 13.8. The van der Waals surface area contributed by atoms with Gasteiger partial charge in [0, 0.05) is 10.6 Å². The topological polar surface area (TPSA) is 95.8 Å². The Bertz CT molecular complexity index is 1020. The smallest absolute Gasteiger partial charge is 0.335 e. The molecule has 0 aliphatic rings. The van der Waals surface area contributed by atoms with Crippen molar-refractivity contribution in [2.45, 2.75) is 0 Å². The first-order valence-corrected chi connectivity index (χ1v) is 10.7. The average molecular weight is 406 g/mol. The summed E-state index contributed by atoms with van der Waals surface area (Å²) in [6, 6.07) is 23.9. The van der Waals surface area contributed by atoms with E-state index in [4.69, 9.17) is 5.11 Å². The molecule has 0 spiro atoms. The third-order valence-electron chi connectivity index (χ3n) is 4.27. The number of benzene rings is 3. The Labute approximate surface area is 168 Å². The Kier molecular flexibility index (Phi) is 6.37. The van der Waals surface area contributed by atoms with Crippen LogP contribution in [0.2, 0.25) is 0 Å². The number of carboxylic acids is 1. The molecule has 3 rings (SSSR count). The minimum atomic E-state index is -3.16. The number of hydrogen-bond acceptors (Lipinski definition) is 4. The summed E-state index contributed by atoms with van der Waals surface area (Å²) in [5.74, 6) is -1.49. The number of carboxylic acid groups (broad SMARTS) is 1. The monoisotopic (exact) mass is 406 g/mol. The fourth-order valence-corrected chi connectivity index (χ4v) is 5.24. The van der Waals surface area contributed by atoms with Crippen molar-refractivity contribution in [2.24, 2.45) is 5.10 Å². The third-order valence-corrected chi connectivity index (χ3v) is 7.27. The molecule has 6 nitrogen and oxygen atoms in total. The SMILES string of the molecule is O=C(CP(=O)(c1ccccc1)c1ccccc1)N/N=C\c1ccc(C(=O)O)cc1. The predicted molar refractivity (Wildman–Crippen MR) is 114 cm³/mol. The van der Waals surface area contributed by atoms with Crippen LogP contribution in [0.25, 0.3) is 0 Å². The number of hydrazone groups is 1. The van der Waals surface area contributed by atoms with E-state index in [1.165, 1.54) is 18.3 Å². The van der Waals surface area contributed by atoms with Crippen LogP contribution in [0, 0.1) is 0 Å². The predicted octanol–water partition coefficient (Wildman–Crippen LogP) is 2.85. The van der Waals surface area contributed by atoms with Gasteiger partial charge in [-0.1, -0.05) is 72.8 Å². The van der Waals surface area contributed by atoms with Crippen molar-refractivity contribution in [3.63, 3.8) is 0 Å². The first-order valence-electron chi connectivity index (χ1n) is 8.84. The molecular weight excluding hydrogens is 387 g/mol. The summed E-state index contributed by atoms with van der Waals surface area (Å²) in [6.07, 6.45) is 1.19. The van der Waals surface area contributed by atoms with Crippen molar-refractivity contribution in [2.75, 3.05) is 6.16 Å². The minimum absolute atomic E-state index is 0.165. The van der Waals surface area contributed by atoms with Crippen molar-refractivity contribution in [3.8, 4) is 0 Å². The lowest BCUT2D eigenvalue weighted by Gasteiger charge is -2.18. The molecule has 0 atom stereocenters. The van der Waals surface area contributed by atoms with Crippen LogP contribution in [0.1, 0.15) is 15.9 Å². The third kappa shape index (κ3) is 5.06. The van der Waals surface area contributed by atoms with Gasteiger partial charge in [-0.15, -0.1) is 0 Å². The zero-order chi connectivity index (χ0) is 20.7. The molecule has 0 radical (unpaired) electrons. The number of aromatic carboxylic acids is 1. The average Bonchev–Trinajstić information content (AvgIpc) is 2.75. The van der Waals surface area contributed by atoms with Gasteiger partial charge >= 0.3 is 5.97 Å². The molecule has 0 fully saturated rings. The van der Waals surface area contributed by atoms with Gasteiger partial charge in [-0.25, -0.2) is 10.2 Å². The molecule has 0 bridgehead atoms. The maximum Gasteiger partial charge on any atom is 0.335 e. The van der Waals surface area contributed by atoms with Crippen LogP contribution in [0.3, 0.4) is 0 Å². The summed E-state index contributed by atoms with van der Waals surface area (Å²) in [4.78, 5) is 23.3. The number of nitrogens with one attached hydrogen (secondary N) is 1. The maximum absolute atomic E-state index is 13.8. The largest absolute Gasteiger partial charge is 0.478 e. The molecule has 3 aromatic rings. The van der Waals surface area contributed by atoms with E-state index >= 15 is 0 Å². The Balaban J connectivity index is 1.74. The molecule has 3 aromatic carbocycles. The summed E-state index contributed by atoms with van der Waals surface area (Å²) in [5, 5.41) is 14.0. The van der Waals surface area contributed by atoms with Crippen molar-refractivity contribution in [3.05, 3.63) is 96.1 Å². The van der Waals surface area contributed by atoms with Gasteiger partial charge in [0.1, 0.15) is 0 Å². The minimum Gasteiger partial charge on any atom is -0.478 e. The molecule has 0 aromatic heterocycles. The lowest BCUT2D eigenvalue weighted by atomic mass is 10.1. The molecule has 29 heavy (non-hydrogen) atoms. The molecule has 0 unspecified atom stereocenters. The lowest BCUT2D eigenvalue weighted by Crippen LogP contribution is -2.28. The van der Waals surface area contributed by atoms with Crippen LogP contribution in [0.4, 0.5) is 0 Å². The second kappa shape index (κ2) is 9.13. The van der Waals surface area contributed by atoms with E-state index in [2.05, 4.69) is 10.5 Å². The summed E-state index contributed by atoms with van der Waals surface area (Å²) < 4.78 is 13.8. The quantitative estimate of drug-likeness (QED) is 0.358. The van der Waals surface area contributed by atoms with Gasteiger partial charge in [0.05, 0.1) is 17.9 Å². The number of carbonyl (C=O) groups excluding carboxylic acids is 1. The first kappa shape index (κ1) is 20.2. The van der Waals surface area contributed by atoms with Gasteiger partial charge in [0.15, 0.2) is 7.14 Å². The number of hydrogen-bond donors (Lipinski definition) is 2. The van der Waals surface area contributed by atoms with Crippen LogP contribution < -0.4 is 16.0 Å². The Morgan fingerprint density at radius 2 is 1.38 bits per heavy atom. The molecule has 0 saturated heterocycles. The zero-order valence-electron chi connectivity index (χ0n) is 15.4. The fourth-order valence-electron chi connectivity index (χ4n) is 2.80. The Hall–Kier alpha value is -3.50. The second-order valence-corrected chi connectivity index (χ2v) is 9.12. The van der Waals surface area contributed by atoms with E-state index in [-0.39, 0.29) is 11.7 Å². The summed E-state index contributed by atoms with van der Waals surface area (Å²) in [6.45, 7) is 0. The highest BCUT2D eigenvalue weighted by atomic mass is 31.2. The van der Waals surface area contributed by atoms with Crippen LogP contribution in [-0.4, -0.2) is 29.4 Å². The van der Waals surface area contributed by atoms with Gasteiger partial charge in [-0.05, 0) is 17.7 Å². The van der Waals surface area contributed by atoms with Crippen molar-refractivity contribution < 1.29 is 19.3 Å². The lowest BCUT2D eigenvalue weighted by molar-refractivity contribution is -0.118. The normalized spacial score (nSPS) is 11.3. The van der Waals surface area contributed by atoms with Gasteiger partial charge in [0.25, 0.3) is 0 Å². The molecule has 2 N–H and O–H groups in total. The van der Waals surface area contributed by atoms with Gasteiger partial charge in [0.2, 0.25) is 5.91 Å². The van der Waals surface area contributed by atoms with Gasteiger partial charge in [-0.2, -0.15) is 5.10 Å². The Morgan fingerprint density at radius 1 is 0.862 bits per heavy atom. The van der Waals surface area contributed by atoms with E-state index in [9.17, 15) is 14.2 Å².